The average Bonchev–Trinajstić information content (AvgIpc) is 3.07. The first-order chi connectivity index (χ1) is 7.83. The van der Waals surface area contributed by atoms with Crippen molar-refractivity contribution in [3.05, 3.63) is 0 Å². The van der Waals surface area contributed by atoms with E-state index in [9.17, 15) is 4.79 Å². The molecule has 0 unspecified atom stereocenters. The number of hydrogen-bond acceptors (Lipinski definition) is 4. The summed E-state index contributed by atoms with van der Waals surface area (Å²) in [6.45, 7) is 3.01. The summed E-state index contributed by atoms with van der Waals surface area (Å²) in [6.07, 6.45) is 3.39. The van der Waals surface area contributed by atoms with Crippen molar-refractivity contribution >= 4 is 5.91 Å². The molecule has 0 aromatic rings. The zero-order chi connectivity index (χ0) is 11.6. The molecule has 16 heavy (non-hydrogen) atoms. The van der Waals surface area contributed by atoms with Gasteiger partial charge in [-0.1, -0.05) is 0 Å². The Morgan fingerprint density at radius 2 is 2.19 bits per heavy atom. The molecule has 0 aromatic heterocycles. The van der Waals surface area contributed by atoms with Gasteiger partial charge in [0.1, 0.15) is 0 Å². The molecule has 0 atom stereocenters. The van der Waals surface area contributed by atoms with Crippen molar-refractivity contribution in [1.82, 2.24) is 10.6 Å². The van der Waals surface area contributed by atoms with Crippen LogP contribution in [-0.4, -0.2) is 50.5 Å². The molecule has 3 N–H and O–H groups in total. The minimum atomic E-state index is 0.0443. The van der Waals surface area contributed by atoms with Crippen LogP contribution in [0.4, 0.5) is 0 Å². The lowest BCUT2D eigenvalue weighted by atomic mass is 10.4. The summed E-state index contributed by atoms with van der Waals surface area (Å²) in [5, 5.41) is 14.4. The number of hydrogen-bond donors (Lipinski definition) is 3. The van der Waals surface area contributed by atoms with Gasteiger partial charge in [-0.25, -0.2) is 0 Å². The maximum Gasteiger partial charge on any atom is 0.233 e. The SMILES string of the molecule is O=C(CNCC1CC1)NCCCOCCO. The fourth-order valence-corrected chi connectivity index (χ4v) is 1.34. The normalized spacial score (nSPS) is 15.1. The Bertz CT molecular complexity index is 196. The zero-order valence-corrected chi connectivity index (χ0v) is 9.71. The number of aliphatic hydroxyl groups excluding tert-OH is 1. The Kier molecular flexibility index (Phi) is 7.12. The highest BCUT2D eigenvalue weighted by Gasteiger charge is 2.20. The predicted octanol–water partition coefficient (Wildman–Crippen LogP) is -0.499. The van der Waals surface area contributed by atoms with Crippen molar-refractivity contribution in [2.75, 3.05) is 39.5 Å². The second kappa shape index (κ2) is 8.50. The standard InChI is InChI=1S/C11H22N2O3/c14-5-7-16-6-1-4-13-11(15)9-12-8-10-2-3-10/h10,12,14H,1-9H2,(H,13,15). The lowest BCUT2D eigenvalue weighted by molar-refractivity contribution is -0.120. The van der Waals surface area contributed by atoms with Gasteiger partial charge in [0.15, 0.2) is 0 Å². The molecule has 1 aliphatic carbocycles. The van der Waals surface area contributed by atoms with Gasteiger partial charge in [0.05, 0.1) is 19.8 Å². The first-order valence-corrected chi connectivity index (χ1v) is 5.99. The number of carbonyl (C=O) groups is 1. The van der Waals surface area contributed by atoms with Crippen LogP contribution in [0.2, 0.25) is 0 Å². The Morgan fingerprint density at radius 1 is 1.38 bits per heavy atom. The molecule has 1 saturated carbocycles. The Hall–Kier alpha value is -0.650. The number of rotatable bonds is 10. The summed E-state index contributed by atoms with van der Waals surface area (Å²) >= 11 is 0. The molecule has 1 aliphatic rings. The number of ether oxygens (including phenoxy) is 1. The monoisotopic (exact) mass is 230 g/mol. The molecular weight excluding hydrogens is 208 g/mol. The highest BCUT2D eigenvalue weighted by Crippen LogP contribution is 2.27. The molecule has 0 spiro atoms. The van der Waals surface area contributed by atoms with Crippen LogP contribution in [0.1, 0.15) is 19.3 Å². The van der Waals surface area contributed by atoms with Crippen molar-refractivity contribution in [1.29, 1.82) is 0 Å². The van der Waals surface area contributed by atoms with Crippen molar-refractivity contribution in [2.24, 2.45) is 5.92 Å². The molecule has 1 fully saturated rings. The maximum atomic E-state index is 11.3. The van der Waals surface area contributed by atoms with Crippen LogP contribution in [0.15, 0.2) is 0 Å². The van der Waals surface area contributed by atoms with Gasteiger partial charge in [0, 0.05) is 13.2 Å². The Balaban J connectivity index is 1.78. The third-order valence-electron chi connectivity index (χ3n) is 2.44. The Morgan fingerprint density at radius 3 is 2.88 bits per heavy atom. The summed E-state index contributed by atoms with van der Waals surface area (Å²) in [6, 6.07) is 0. The number of nitrogens with one attached hydrogen (secondary N) is 2. The molecule has 0 radical (unpaired) electrons. The van der Waals surface area contributed by atoms with E-state index in [4.69, 9.17) is 9.84 Å². The fourth-order valence-electron chi connectivity index (χ4n) is 1.34. The molecule has 1 amide bonds. The molecule has 5 heteroatoms. The first-order valence-electron chi connectivity index (χ1n) is 5.99. The minimum Gasteiger partial charge on any atom is -0.394 e. The van der Waals surface area contributed by atoms with Crippen LogP contribution in [0, 0.1) is 5.92 Å². The molecular formula is C11H22N2O3. The van der Waals surface area contributed by atoms with Gasteiger partial charge >= 0.3 is 0 Å². The lowest BCUT2D eigenvalue weighted by Crippen LogP contribution is -2.35. The van der Waals surface area contributed by atoms with E-state index < -0.39 is 0 Å². The summed E-state index contributed by atoms with van der Waals surface area (Å²) in [4.78, 5) is 11.3. The van der Waals surface area contributed by atoms with E-state index in [0.717, 1.165) is 18.9 Å². The van der Waals surface area contributed by atoms with Gasteiger partial charge in [-0.2, -0.15) is 0 Å². The third kappa shape index (κ3) is 7.62. The van der Waals surface area contributed by atoms with Crippen LogP contribution in [0.3, 0.4) is 0 Å². The molecule has 0 saturated heterocycles. The van der Waals surface area contributed by atoms with Crippen molar-refractivity contribution in [3.63, 3.8) is 0 Å². The molecule has 94 valence electrons. The largest absolute Gasteiger partial charge is 0.394 e. The summed E-state index contributed by atoms with van der Waals surface area (Å²) in [7, 11) is 0. The van der Waals surface area contributed by atoms with Crippen molar-refractivity contribution < 1.29 is 14.6 Å². The van der Waals surface area contributed by atoms with E-state index in [0.29, 0.717) is 26.3 Å². The topological polar surface area (TPSA) is 70.6 Å². The zero-order valence-electron chi connectivity index (χ0n) is 9.71. The number of carbonyl (C=O) groups excluding carboxylic acids is 1. The fraction of sp³-hybridized carbons (Fsp3) is 0.909. The van der Waals surface area contributed by atoms with Crippen molar-refractivity contribution in [2.45, 2.75) is 19.3 Å². The van der Waals surface area contributed by atoms with Gasteiger partial charge < -0.3 is 20.5 Å². The highest BCUT2D eigenvalue weighted by molar-refractivity contribution is 5.77. The predicted molar refractivity (Wildman–Crippen MR) is 61.1 cm³/mol. The van der Waals surface area contributed by atoms with Gasteiger partial charge in [-0.15, -0.1) is 0 Å². The second-order valence-electron chi connectivity index (χ2n) is 4.11. The molecule has 0 heterocycles. The molecule has 0 aromatic carbocycles. The van der Waals surface area contributed by atoms with Crippen LogP contribution in [0.25, 0.3) is 0 Å². The van der Waals surface area contributed by atoms with Gasteiger partial charge in [0.25, 0.3) is 0 Å². The minimum absolute atomic E-state index is 0.0443. The van der Waals surface area contributed by atoms with Crippen LogP contribution < -0.4 is 10.6 Å². The van der Waals surface area contributed by atoms with Crippen LogP contribution in [-0.2, 0) is 9.53 Å². The summed E-state index contributed by atoms with van der Waals surface area (Å²) in [5.41, 5.74) is 0. The quantitative estimate of drug-likeness (QED) is 0.443. The number of aliphatic hydroxyl groups is 1. The summed E-state index contributed by atoms with van der Waals surface area (Å²) in [5.74, 6) is 0.850. The first kappa shape index (κ1) is 13.4. The van der Waals surface area contributed by atoms with Crippen LogP contribution >= 0.6 is 0 Å². The lowest BCUT2D eigenvalue weighted by Gasteiger charge is -2.06. The second-order valence-corrected chi connectivity index (χ2v) is 4.11. The van der Waals surface area contributed by atoms with E-state index >= 15 is 0 Å². The third-order valence-corrected chi connectivity index (χ3v) is 2.44. The van der Waals surface area contributed by atoms with E-state index in [1.54, 1.807) is 0 Å². The van der Waals surface area contributed by atoms with Gasteiger partial charge in [-0.3, -0.25) is 4.79 Å². The number of amides is 1. The van der Waals surface area contributed by atoms with E-state index in [1.807, 2.05) is 0 Å². The molecule has 0 aliphatic heterocycles. The van der Waals surface area contributed by atoms with E-state index in [-0.39, 0.29) is 12.5 Å². The maximum absolute atomic E-state index is 11.3. The smallest absolute Gasteiger partial charge is 0.233 e. The average molecular weight is 230 g/mol. The van der Waals surface area contributed by atoms with Crippen LogP contribution in [0.5, 0.6) is 0 Å². The van der Waals surface area contributed by atoms with E-state index in [1.165, 1.54) is 12.8 Å². The molecule has 1 rings (SSSR count). The van der Waals surface area contributed by atoms with Gasteiger partial charge in [-0.05, 0) is 31.7 Å². The Labute approximate surface area is 96.6 Å². The summed E-state index contributed by atoms with van der Waals surface area (Å²) < 4.78 is 5.07. The highest BCUT2D eigenvalue weighted by atomic mass is 16.5. The van der Waals surface area contributed by atoms with E-state index in [2.05, 4.69) is 10.6 Å². The molecule has 5 nitrogen and oxygen atoms in total. The van der Waals surface area contributed by atoms with Gasteiger partial charge in [0.2, 0.25) is 5.91 Å². The molecule has 0 bridgehead atoms. The van der Waals surface area contributed by atoms with Crippen molar-refractivity contribution in [3.8, 4) is 0 Å².